The molecule has 71 heavy (non-hydrogen) atoms. The molecule has 3 aromatic carbocycles. The van der Waals surface area contributed by atoms with E-state index < -0.39 is 46.2 Å². The first-order valence-corrected chi connectivity index (χ1v) is 25.5. The van der Waals surface area contributed by atoms with Crippen LogP contribution in [0.2, 0.25) is 5.02 Å². The molecular formula is C54H68ClN7O8S. The van der Waals surface area contributed by atoms with Crippen LogP contribution in [0.3, 0.4) is 0 Å². The molecule has 0 bridgehead atoms. The minimum atomic E-state index is -0.974. The van der Waals surface area contributed by atoms with Crippen LogP contribution in [0.25, 0.3) is 10.4 Å². The van der Waals surface area contributed by atoms with Crippen molar-refractivity contribution in [2.45, 2.75) is 118 Å². The number of aliphatic hydroxyl groups excluding tert-OH is 1. The summed E-state index contributed by atoms with van der Waals surface area (Å²) >= 11 is 7.83. The maximum absolute atomic E-state index is 14.2. The number of aromatic nitrogens is 1. The molecule has 2 aliphatic heterocycles. The molecule has 1 saturated carbocycles. The van der Waals surface area contributed by atoms with E-state index in [-0.39, 0.29) is 55.0 Å². The summed E-state index contributed by atoms with van der Waals surface area (Å²) in [5, 5.41) is 32.9. The molecular weight excluding hydrogens is 942 g/mol. The van der Waals surface area contributed by atoms with Gasteiger partial charge in [0.2, 0.25) is 17.7 Å². The van der Waals surface area contributed by atoms with Gasteiger partial charge in [0, 0.05) is 65.7 Å². The number of aliphatic hydroxyl groups is 1. The minimum Gasteiger partial charge on any atom is -0.489 e. The molecule has 15 nitrogen and oxygen atoms in total. The Kier molecular flexibility index (Phi) is 16.2. The van der Waals surface area contributed by atoms with Crippen LogP contribution in [0.5, 0.6) is 5.75 Å². The largest absolute Gasteiger partial charge is 0.489 e. The lowest BCUT2D eigenvalue weighted by Crippen LogP contribution is -2.74. The molecule has 7 rings (SSSR count). The summed E-state index contributed by atoms with van der Waals surface area (Å²) in [4.78, 5) is 61.5. The summed E-state index contributed by atoms with van der Waals surface area (Å²) < 4.78 is 17.9. The third-order valence-electron chi connectivity index (χ3n) is 14.4. The summed E-state index contributed by atoms with van der Waals surface area (Å²) in [7, 11) is 0. The standard InChI is InChI=1S/C54H68ClN7O8S/c1-32(34-10-12-35(13-11-34)44-33(2)58-31-71-44)59-47(66)42-24-39(63)27-62(42)48(67)45(51(3,4)5)60-43(64)28-68-23-21-54(29-69-30-54)20-22-57-38-17-14-36(15-18-38)46(65)61-49-52(6,7)50(53(49,8)9)70-40-19-16-37(26-56)41(55)25-40/h10-19,25,31-32,39,42,45,49-50,57,63H,20-24,27-30H2,1-9H3,(H,59,66)(H,60,64)(H,61,65)/t32-,39+,42-,45+,49?,50?/m0/s1. The second kappa shape index (κ2) is 21.6. The van der Waals surface area contributed by atoms with Crippen LogP contribution in [0, 0.1) is 39.9 Å². The van der Waals surface area contributed by atoms with Gasteiger partial charge in [-0.3, -0.25) is 19.2 Å². The first-order chi connectivity index (χ1) is 33.5. The Balaban J connectivity index is 0.841. The highest BCUT2D eigenvalue weighted by Crippen LogP contribution is 2.55. The summed E-state index contributed by atoms with van der Waals surface area (Å²) in [6.45, 7) is 19.5. The molecule has 4 atom stereocenters. The number of rotatable bonds is 19. The summed E-state index contributed by atoms with van der Waals surface area (Å²) in [6.07, 6.45) is 0.451. The van der Waals surface area contributed by atoms with Crippen molar-refractivity contribution >= 4 is 52.3 Å². The number of nitrogens with zero attached hydrogens (tertiary/aromatic N) is 3. The van der Waals surface area contributed by atoms with Crippen molar-refractivity contribution in [3.8, 4) is 22.3 Å². The van der Waals surface area contributed by atoms with Crippen LogP contribution in [0.15, 0.2) is 72.2 Å². The fraction of sp³-hybridized carbons (Fsp3) is 0.519. The number of thiazole rings is 1. The van der Waals surface area contributed by atoms with Crippen molar-refractivity contribution in [2.75, 3.05) is 44.8 Å². The van der Waals surface area contributed by atoms with Crippen LogP contribution in [0.4, 0.5) is 5.69 Å². The topological polar surface area (TPSA) is 204 Å². The van der Waals surface area contributed by atoms with E-state index in [1.165, 1.54) is 4.90 Å². The highest BCUT2D eigenvalue weighted by Gasteiger charge is 2.64. The lowest BCUT2D eigenvalue weighted by Gasteiger charge is -2.63. The van der Waals surface area contributed by atoms with Gasteiger partial charge < -0.3 is 45.5 Å². The van der Waals surface area contributed by atoms with Crippen molar-refractivity contribution in [1.82, 2.24) is 25.8 Å². The number of halogens is 1. The zero-order valence-corrected chi connectivity index (χ0v) is 43.8. The number of aryl methyl sites for hydroxylation is 1. The lowest BCUT2D eigenvalue weighted by molar-refractivity contribution is -0.164. The predicted molar refractivity (Wildman–Crippen MR) is 274 cm³/mol. The Morgan fingerprint density at radius 1 is 1.00 bits per heavy atom. The van der Waals surface area contributed by atoms with Gasteiger partial charge in [-0.15, -0.1) is 11.3 Å². The molecule has 0 spiro atoms. The van der Waals surface area contributed by atoms with E-state index in [1.54, 1.807) is 41.7 Å². The molecule has 3 fully saturated rings. The second-order valence-corrected chi connectivity index (χ2v) is 23.0. The summed E-state index contributed by atoms with van der Waals surface area (Å²) in [5.74, 6) is -0.862. The first kappa shape index (κ1) is 53.2. The molecule has 3 heterocycles. The van der Waals surface area contributed by atoms with Crippen LogP contribution in [0.1, 0.15) is 108 Å². The number of hydrogen-bond donors (Lipinski definition) is 5. The molecule has 4 aromatic rings. The van der Waals surface area contributed by atoms with E-state index in [0.717, 1.165) is 33.8 Å². The van der Waals surface area contributed by atoms with Crippen molar-refractivity contribution in [3.05, 3.63) is 99.6 Å². The molecule has 2 saturated heterocycles. The zero-order valence-electron chi connectivity index (χ0n) is 42.2. The number of carbonyl (C=O) groups is 4. The lowest BCUT2D eigenvalue weighted by atomic mass is 9.49. The van der Waals surface area contributed by atoms with E-state index in [0.29, 0.717) is 54.7 Å². The molecule has 3 aliphatic rings. The number of nitrogens with one attached hydrogen (secondary N) is 4. The Labute approximate surface area is 426 Å². The van der Waals surface area contributed by atoms with Gasteiger partial charge >= 0.3 is 0 Å². The molecule has 1 aromatic heterocycles. The van der Waals surface area contributed by atoms with E-state index in [2.05, 4.69) is 60.0 Å². The van der Waals surface area contributed by atoms with Crippen molar-refractivity contribution in [3.63, 3.8) is 0 Å². The quantitative estimate of drug-likeness (QED) is 0.0573. The number of hydrogen-bond acceptors (Lipinski definition) is 12. The Morgan fingerprint density at radius 3 is 2.28 bits per heavy atom. The van der Waals surface area contributed by atoms with Crippen molar-refractivity contribution < 1.29 is 38.5 Å². The fourth-order valence-corrected chi connectivity index (χ4v) is 11.5. The summed E-state index contributed by atoms with van der Waals surface area (Å²) in [5.41, 5.74) is 4.90. The van der Waals surface area contributed by atoms with Gasteiger partial charge in [0.25, 0.3) is 5.91 Å². The number of likely N-dealkylation sites (tertiary alicyclic amines) is 1. The van der Waals surface area contributed by atoms with E-state index >= 15 is 0 Å². The molecule has 1 aliphatic carbocycles. The Morgan fingerprint density at radius 2 is 1.69 bits per heavy atom. The second-order valence-electron chi connectivity index (χ2n) is 21.7. The minimum absolute atomic E-state index is 0.0233. The zero-order chi connectivity index (χ0) is 51.5. The maximum atomic E-state index is 14.2. The highest BCUT2D eigenvalue weighted by molar-refractivity contribution is 7.13. The number of anilines is 1. The highest BCUT2D eigenvalue weighted by atomic mass is 35.5. The van der Waals surface area contributed by atoms with E-state index in [4.69, 9.17) is 25.8 Å². The van der Waals surface area contributed by atoms with E-state index in [9.17, 15) is 29.5 Å². The van der Waals surface area contributed by atoms with E-state index in [1.807, 2.05) is 76.5 Å². The SMILES string of the molecule is Cc1ncsc1-c1ccc([C@H](C)NC(=O)[C@@H]2C[C@@H](O)CN2C(=O)[C@@H](NC(=O)COCCC2(CCNc3ccc(C(=O)NC4C(C)(C)C(Oc5ccc(C#N)c(Cl)c5)C4(C)C)cc3)COC2)C(C)(C)C)cc1. The van der Waals surface area contributed by atoms with Crippen molar-refractivity contribution in [2.24, 2.45) is 21.7 Å². The third-order valence-corrected chi connectivity index (χ3v) is 15.7. The number of nitriles is 1. The first-order valence-electron chi connectivity index (χ1n) is 24.3. The van der Waals surface area contributed by atoms with Gasteiger partial charge in [-0.25, -0.2) is 4.98 Å². The van der Waals surface area contributed by atoms with Crippen LogP contribution in [-0.2, 0) is 23.9 Å². The molecule has 0 unspecified atom stereocenters. The number of ether oxygens (including phenoxy) is 3. The monoisotopic (exact) mass is 1010 g/mol. The number of β-amino-alcohol motifs (C(OH)–C–C–N with tert-alkyl or cyclic N) is 1. The number of amides is 4. The smallest absolute Gasteiger partial charge is 0.251 e. The van der Waals surface area contributed by atoms with Crippen LogP contribution in [-0.4, -0.2) is 108 Å². The van der Waals surface area contributed by atoms with Gasteiger partial charge in [0.05, 0.1) is 52.0 Å². The average Bonchev–Trinajstić information content (AvgIpc) is 3.93. The summed E-state index contributed by atoms with van der Waals surface area (Å²) in [6, 6.07) is 20.0. The van der Waals surface area contributed by atoms with Gasteiger partial charge in [-0.05, 0) is 79.6 Å². The van der Waals surface area contributed by atoms with Crippen molar-refractivity contribution in [1.29, 1.82) is 5.26 Å². The fourth-order valence-electron chi connectivity index (χ4n) is 10.5. The Bertz CT molecular complexity index is 2590. The van der Waals surface area contributed by atoms with Gasteiger partial charge in [0.15, 0.2) is 0 Å². The Hall–Kier alpha value is -5.57. The van der Waals surface area contributed by atoms with Gasteiger partial charge in [0.1, 0.15) is 36.6 Å². The van der Waals surface area contributed by atoms with Crippen LogP contribution < -0.4 is 26.0 Å². The maximum Gasteiger partial charge on any atom is 0.251 e. The molecule has 4 amide bonds. The third kappa shape index (κ3) is 12.0. The molecule has 0 radical (unpaired) electrons. The number of carbonyl (C=O) groups excluding carboxylic acids is 4. The van der Waals surface area contributed by atoms with Gasteiger partial charge in [-0.1, -0.05) is 84.3 Å². The molecule has 380 valence electrons. The predicted octanol–water partition coefficient (Wildman–Crippen LogP) is 7.85. The normalized spacial score (nSPS) is 21.6. The van der Waals surface area contributed by atoms with Gasteiger partial charge in [-0.2, -0.15) is 5.26 Å². The average molecular weight is 1010 g/mol. The van der Waals surface area contributed by atoms with Crippen LogP contribution >= 0.6 is 22.9 Å². The molecule has 5 N–H and O–H groups in total. The molecule has 17 heteroatoms. The number of benzene rings is 3.